The van der Waals surface area contributed by atoms with Crippen molar-refractivity contribution in [1.29, 1.82) is 0 Å². The number of benzene rings is 1. The fourth-order valence-corrected chi connectivity index (χ4v) is 4.09. The van der Waals surface area contributed by atoms with Gasteiger partial charge in [0.15, 0.2) is 0 Å². The summed E-state index contributed by atoms with van der Waals surface area (Å²) in [5, 5.41) is 12.0. The predicted molar refractivity (Wildman–Crippen MR) is 89.3 cm³/mol. The maximum absolute atomic E-state index is 13.7. The number of carboxylic acids is 1. The summed E-state index contributed by atoms with van der Waals surface area (Å²) >= 11 is 1.61. The third kappa shape index (κ3) is 4.38. The van der Waals surface area contributed by atoms with Crippen molar-refractivity contribution in [2.75, 3.05) is 22.5 Å². The molecule has 0 aliphatic carbocycles. The summed E-state index contributed by atoms with van der Waals surface area (Å²) in [6.45, 7) is 0. The van der Waals surface area contributed by atoms with Crippen molar-refractivity contribution in [2.24, 2.45) is 0 Å². The SMILES string of the molecule is CS(=O)(=O)Nc1cc(C(=O)NC2(C(=O)O)CCSCC2)ccc1F. The monoisotopic (exact) mass is 376 g/mol. The molecule has 3 N–H and O–H groups in total. The third-order valence-corrected chi connectivity index (χ3v) is 5.21. The van der Waals surface area contributed by atoms with Crippen molar-refractivity contribution in [3.05, 3.63) is 29.6 Å². The Labute approximate surface area is 143 Å². The highest BCUT2D eigenvalue weighted by atomic mass is 32.2. The zero-order valence-corrected chi connectivity index (χ0v) is 14.5. The molecule has 24 heavy (non-hydrogen) atoms. The Morgan fingerprint density at radius 1 is 1.29 bits per heavy atom. The van der Waals surface area contributed by atoms with E-state index in [1.807, 2.05) is 4.72 Å². The van der Waals surface area contributed by atoms with Gasteiger partial charge in [-0.3, -0.25) is 9.52 Å². The van der Waals surface area contributed by atoms with E-state index in [0.717, 1.165) is 18.4 Å². The highest BCUT2D eigenvalue weighted by Crippen LogP contribution is 2.28. The smallest absolute Gasteiger partial charge is 0.329 e. The molecular formula is C14H17FN2O5S2. The van der Waals surface area contributed by atoms with Crippen molar-refractivity contribution in [1.82, 2.24) is 5.32 Å². The van der Waals surface area contributed by atoms with Gasteiger partial charge in [0.1, 0.15) is 11.4 Å². The minimum absolute atomic E-state index is 0.0265. The van der Waals surface area contributed by atoms with Crippen LogP contribution >= 0.6 is 11.8 Å². The lowest BCUT2D eigenvalue weighted by molar-refractivity contribution is -0.144. The highest BCUT2D eigenvalue weighted by molar-refractivity contribution is 7.99. The Bertz CT molecular complexity index is 760. The first-order chi connectivity index (χ1) is 11.1. The molecule has 132 valence electrons. The van der Waals surface area contributed by atoms with Gasteiger partial charge in [0.05, 0.1) is 11.9 Å². The van der Waals surface area contributed by atoms with E-state index in [1.165, 1.54) is 6.07 Å². The van der Waals surface area contributed by atoms with E-state index in [9.17, 15) is 27.5 Å². The molecule has 1 amide bonds. The summed E-state index contributed by atoms with van der Waals surface area (Å²) in [5.74, 6) is -1.43. The predicted octanol–water partition coefficient (Wildman–Crippen LogP) is 1.28. The van der Waals surface area contributed by atoms with E-state index in [-0.39, 0.29) is 24.1 Å². The number of aliphatic carboxylic acids is 1. The van der Waals surface area contributed by atoms with Crippen LogP contribution in [-0.4, -0.2) is 48.7 Å². The van der Waals surface area contributed by atoms with Crippen LogP contribution in [0.15, 0.2) is 18.2 Å². The third-order valence-electron chi connectivity index (χ3n) is 3.63. The van der Waals surface area contributed by atoms with Crippen molar-refractivity contribution in [3.63, 3.8) is 0 Å². The molecule has 0 saturated carbocycles. The first-order valence-corrected chi connectivity index (χ1v) is 10.1. The second-order valence-corrected chi connectivity index (χ2v) is 8.50. The summed E-state index contributed by atoms with van der Waals surface area (Å²) in [7, 11) is -3.71. The lowest BCUT2D eigenvalue weighted by atomic mass is 9.92. The lowest BCUT2D eigenvalue weighted by Gasteiger charge is -2.33. The molecule has 0 atom stereocenters. The van der Waals surface area contributed by atoms with Crippen LogP contribution in [0.1, 0.15) is 23.2 Å². The number of halogens is 1. The van der Waals surface area contributed by atoms with Crippen molar-refractivity contribution < 1.29 is 27.5 Å². The van der Waals surface area contributed by atoms with Crippen molar-refractivity contribution in [2.45, 2.75) is 18.4 Å². The Hall–Kier alpha value is -1.81. The summed E-state index contributed by atoms with van der Waals surface area (Å²) in [6.07, 6.45) is 1.43. The molecule has 7 nitrogen and oxygen atoms in total. The van der Waals surface area contributed by atoms with Crippen LogP contribution in [0.5, 0.6) is 0 Å². The van der Waals surface area contributed by atoms with Gasteiger partial charge in [0.25, 0.3) is 5.91 Å². The van der Waals surface area contributed by atoms with Gasteiger partial charge in [0.2, 0.25) is 10.0 Å². The molecule has 1 heterocycles. The molecule has 1 saturated heterocycles. The topological polar surface area (TPSA) is 113 Å². The van der Waals surface area contributed by atoms with Crippen molar-refractivity contribution in [3.8, 4) is 0 Å². The summed E-state index contributed by atoms with van der Waals surface area (Å²) in [6, 6.07) is 3.16. The second-order valence-electron chi connectivity index (χ2n) is 5.52. The van der Waals surface area contributed by atoms with Gasteiger partial charge in [-0.1, -0.05) is 0 Å². The minimum atomic E-state index is -3.71. The summed E-state index contributed by atoms with van der Waals surface area (Å²) < 4.78 is 38.1. The average Bonchev–Trinajstić information content (AvgIpc) is 2.49. The Kier molecular flexibility index (Phi) is 5.38. The van der Waals surface area contributed by atoms with Crippen molar-refractivity contribution >= 4 is 39.3 Å². The van der Waals surface area contributed by atoms with E-state index in [2.05, 4.69) is 5.32 Å². The van der Waals surface area contributed by atoms with E-state index in [4.69, 9.17) is 0 Å². The van der Waals surface area contributed by atoms with Gasteiger partial charge >= 0.3 is 5.97 Å². The molecule has 1 fully saturated rings. The number of carbonyl (C=O) groups excluding carboxylic acids is 1. The van der Waals surface area contributed by atoms with Crippen LogP contribution in [0.3, 0.4) is 0 Å². The second kappa shape index (κ2) is 6.98. The van der Waals surface area contributed by atoms with Gasteiger partial charge in [0, 0.05) is 5.56 Å². The van der Waals surface area contributed by atoms with Gasteiger partial charge in [-0.15, -0.1) is 0 Å². The highest BCUT2D eigenvalue weighted by Gasteiger charge is 2.41. The number of rotatable bonds is 5. The first-order valence-electron chi connectivity index (χ1n) is 7.04. The number of hydrogen-bond acceptors (Lipinski definition) is 5. The zero-order chi connectivity index (χ0) is 18.0. The number of sulfonamides is 1. The molecule has 0 unspecified atom stereocenters. The largest absolute Gasteiger partial charge is 0.480 e. The van der Waals surface area contributed by atoms with Crippen LogP contribution in [-0.2, 0) is 14.8 Å². The molecule has 0 radical (unpaired) electrons. The van der Waals surface area contributed by atoms with E-state index < -0.39 is 33.3 Å². The number of hydrogen-bond donors (Lipinski definition) is 3. The number of amides is 1. The lowest BCUT2D eigenvalue weighted by Crippen LogP contribution is -2.56. The number of anilines is 1. The quantitative estimate of drug-likeness (QED) is 0.714. The van der Waals surface area contributed by atoms with Gasteiger partial charge < -0.3 is 10.4 Å². The maximum atomic E-state index is 13.7. The van der Waals surface area contributed by atoms with Crippen LogP contribution < -0.4 is 10.0 Å². The molecule has 0 aromatic heterocycles. The molecule has 1 aromatic rings. The van der Waals surface area contributed by atoms with E-state index in [0.29, 0.717) is 11.5 Å². The standard InChI is InChI=1S/C14H17FN2O5S2/c1-24(21,22)17-11-8-9(2-3-10(11)15)12(18)16-14(13(19)20)4-6-23-7-5-14/h2-3,8,17H,4-7H2,1H3,(H,16,18)(H,19,20). The van der Waals surface area contributed by atoms with Crippen LogP contribution in [0.2, 0.25) is 0 Å². The average molecular weight is 376 g/mol. The summed E-state index contributed by atoms with van der Waals surface area (Å²) in [4.78, 5) is 23.9. The first kappa shape index (κ1) is 18.5. The molecule has 1 aliphatic heterocycles. The Balaban J connectivity index is 2.26. The Morgan fingerprint density at radius 3 is 2.46 bits per heavy atom. The molecule has 0 bridgehead atoms. The van der Waals surface area contributed by atoms with Gasteiger partial charge in [-0.2, -0.15) is 11.8 Å². The zero-order valence-electron chi connectivity index (χ0n) is 12.8. The maximum Gasteiger partial charge on any atom is 0.329 e. The van der Waals surface area contributed by atoms with Gasteiger partial charge in [-0.25, -0.2) is 17.6 Å². The van der Waals surface area contributed by atoms with Gasteiger partial charge in [-0.05, 0) is 42.5 Å². The molecule has 1 aromatic carbocycles. The molecular weight excluding hydrogens is 359 g/mol. The summed E-state index contributed by atoms with van der Waals surface area (Å²) in [5.41, 5.74) is -1.75. The fraction of sp³-hybridized carbons (Fsp3) is 0.429. The van der Waals surface area contributed by atoms with Crippen LogP contribution in [0.4, 0.5) is 10.1 Å². The number of thioether (sulfide) groups is 1. The Morgan fingerprint density at radius 2 is 1.92 bits per heavy atom. The van der Waals surface area contributed by atoms with E-state index >= 15 is 0 Å². The molecule has 2 rings (SSSR count). The number of carbonyl (C=O) groups is 2. The molecule has 0 spiro atoms. The number of nitrogens with one attached hydrogen (secondary N) is 2. The van der Waals surface area contributed by atoms with E-state index in [1.54, 1.807) is 11.8 Å². The van der Waals surface area contributed by atoms with Crippen LogP contribution in [0.25, 0.3) is 0 Å². The molecule has 10 heteroatoms. The fourth-order valence-electron chi connectivity index (χ4n) is 2.35. The van der Waals surface area contributed by atoms with Crippen LogP contribution in [0, 0.1) is 5.82 Å². The minimum Gasteiger partial charge on any atom is -0.480 e. The number of carboxylic acid groups (broad SMARTS) is 1. The molecule has 1 aliphatic rings. The normalized spacial score (nSPS) is 17.1.